The largest absolute Gasteiger partial charge is 0.311 e. The number of fused-ring (bicyclic) bond motifs is 1. The van der Waals surface area contributed by atoms with Crippen molar-refractivity contribution < 1.29 is 5.48 Å². The summed E-state index contributed by atoms with van der Waals surface area (Å²) in [6.07, 6.45) is 22.4. The van der Waals surface area contributed by atoms with Crippen LogP contribution < -0.4 is 4.90 Å². The van der Waals surface area contributed by atoms with Gasteiger partial charge in [0.1, 0.15) is 0 Å². The van der Waals surface area contributed by atoms with E-state index in [4.69, 9.17) is 0 Å². The average molecular weight is 828 g/mol. The summed E-state index contributed by atoms with van der Waals surface area (Å²) in [5.41, 5.74) is 14.1. The lowest BCUT2D eigenvalue weighted by atomic mass is 9.88. The van der Waals surface area contributed by atoms with Crippen molar-refractivity contribution in [1.82, 2.24) is 0 Å². The van der Waals surface area contributed by atoms with Crippen molar-refractivity contribution in [3.63, 3.8) is 0 Å². The molecule has 1 aliphatic carbocycles. The molecule has 1 atom stereocenters. The van der Waals surface area contributed by atoms with Crippen molar-refractivity contribution in [3.05, 3.63) is 295 Å². The number of hydrogen-bond acceptors (Lipinski definition) is 1. The number of anilines is 2. The SMILES string of the molecule is [2H]c1c([2H])c(N(/C(C=C)=C/C2=Cc3ccccc3C2c2ccccc2)c2ccc(-c3ccc(-c4ccc(/C=C\C=C)c(/C=C\C=C)c4)cc3)cc2)c([2H])c([2H])c1/C(=C\c1ccccc1)CCC=C. The molecule has 0 saturated heterocycles. The van der Waals surface area contributed by atoms with Crippen molar-refractivity contribution in [1.29, 1.82) is 0 Å². The molecule has 1 aliphatic rings. The van der Waals surface area contributed by atoms with Crippen LogP contribution in [0.2, 0.25) is 0 Å². The zero-order chi connectivity index (χ0) is 47.6. The Labute approximate surface area is 386 Å². The second-order valence-electron chi connectivity index (χ2n) is 15.5. The van der Waals surface area contributed by atoms with Gasteiger partial charge in [-0.2, -0.15) is 0 Å². The molecular weight excluding hydrogens is 771 g/mol. The third-order valence-corrected chi connectivity index (χ3v) is 11.4. The molecule has 7 aromatic carbocycles. The molecule has 0 aromatic heterocycles. The fourth-order valence-corrected chi connectivity index (χ4v) is 8.19. The summed E-state index contributed by atoms with van der Waals surface area (Å²) in [6, 6.07) is 50.9. The predicted octanol–water partition coefficient (Wildman–Crippen LogP) is 17.4. The lowest BCUT2D eigenvalue weighted by Crippen LogP contribution is -2.16. The second-order valence-corrected chi connectivity index (χ2v) is 15.5. The van der Waals surface area contributed by atoms with Gasteiger partial charge in [0.25, 0.3) is 0 Å². The average Bonchev–Trinajstić information content (AvgIpc) is 3.75. The minimum Gasteiger partial charge on any atom is -0.311 e. The summed E-state index contributed by atoms with van der Waals surface area (Å²) in [5, 5.41) is 0. The van der Waals surface area contributed by atoms with Crippen LogP contribution in [0, 0.1) is 0 Å². The molecule has 0 heterocycles. The Kier molecular flexibility index (Phi) is 12.2. The molecule has 1 nitrogen and oxygen atoms in total. The van der Waals surface area contributed by atoms with Crippen molar-refractivity contribution in [2.45, 2.75) is 18.8 Å². The zero-order valence-corrected chi connectivity index (χ0v) is 36.1. The molecule has 0 radical (unpaired) electrons. The molecule has 8 rings (SSSR count). The Morgan fingerprint density at radius 2 is 1.17 bits per heavy atom. The van der Waals surface area contributed by atoms with Gasteiger partial charge in [0.2, 0.25) is 0 Å². The Morgan fingerprint density at radius 3 is 1.83 bits per heavy atom. The van der Waals surface area contributed by atoms with E-state index in [1.165, 1.54) is 5.56 Å². The van der Waals surface area contributed by atoms with Crippen LogP contribution in [0.15, 0.2) is 256 Å². The topological polar surface area (TPSA) is 3.24 Å². The van der Waals surface area contributed by atoms with Crippen LogP contribution in [0.4, 0.5) is 11.4 Å². The van der Waals surface area contributed by atoms with Gasteiger partial charge in [0, 0.05) is 23.0 Å². The van der Waals surface area contributed by atoms with Gasteiger partial charge >= 0.3 is 0 Å². The first-order valence-corrected chi connectivity index (χ1v) is 21.6. The summed E-state index contributed by atoms with van der Waals surface area (Å²) in [6.45, 7) is 15.9. The van der Waals surface area contributed by atoms with Crippen molar-refractivity contribution in [2.24, 2.45) is 0 Å². The molecular formula is C63H53N. The fraction of sp³-hybridized carbons (Fsp3) is 0.0476. The molecule has 0 spiro atoms. The van der Waals surface area contributed by atoms with E-state index < -0.39 is 0 Å². The van der Waals surface area contributed by atoms with Gasteiger partial charge in [-0.15, -0.1) is 6.58 Å². The summed E-state index contributed by atoms with van der Waals surface area (Å²) in [4.78, 5) is 1.83. The van der Waals surface area contributed by atoms with Crippen LogP contribution in [0.5, 0.6) is 0 Å². The smallest absolute Gasteiger partial charge is 0.0645 e. The third-order valence-electron chi connectivity index (χ3n) is 11.4. The van der Waals surface area contributed by atoms with Gasteiger partial charge in [-0.25, -0.2) is 0 Å². The molecule has 0 N–H and O–H groups in total. The van der Waals surface area contributed by atoms with Crippen LogP contribution in [-0.2, 0) is 0 Å². The molecule has 0 fully saturated rings. The summed E-state index contributed by atoms with van der Waals surface area (Å²) < 4.78 is 38.6. The first-order chi connectivity index (χ1) is 33.2. The summed E-state index contributed by atoms with van der Waals surface area (Å²) in [7, 11) is 0. The van der Waals surface area contributed by atoms with Crippen molar-refractivity contribution in [3.8, 4) is 22.3 Å². The minimum atomic E-state index is -0.151. The van der Waals surface area contributed by atoms with E-state index >= 15 is 0 Å². The molecule has 1 unspecified atom stereocenters. The molecule has 64 heavy (non-hydrogen) atoms. The van der Waals surface area contributed by atoms with Gasteiger partial charge in [-0.1, -0.05) is 220 Å². The predicted molar refractivity (Wildman–Crippen MR) is 279 cm³/mol. The Balaban J connectivity index is 1.24. The number of hydrogen-bond donors (Lipinski definition) is 0. The molecule has 0 bridgehead atoms. The monoisotopic (exact) mass is 827 g/mol. The maximum absolute atomic E-state index is 9.72. The van der Waals surface area contributed by atoms with E-state index in [1.54, 1.807) is 18.2 Å². The van der Waals surface area contributed by atoms with Crippen LogP contribution >= 0.6 is 0 Å². The zero-order valence-electron chi connectivity index (χ0n) is 40.1. The van der Waals surface area contributed by atoms with E-state index in [-0.39, 0.29) is 41.3 Å². The van der Waals surface area contributed by atoms with Gasteiger partial charge < -0.3 is 4.90 Å². The van der Waals surface area contributed by atoms with Crippen LogP contribution in [0.3, 0.4) is 0 Å². The van der Waals surface area contributed by atoms with Gasteiger partial charge in [-0.05, 0) is 128 Å². The minimum absolute atomic E-state index is 0.0703. The van der Waals surface area contributed by atoms with Crippen LogP contribution in [-0.4, -0.2) is 0 Å². The fourth-order valence-electron chi connectivity index (χ4n) is 8.19. The molecule has 0 saturated carbocycles. The highest BCUT2D eigenvalue weighted by Gasteiger charge is 2.26. The first-order valence-electron chi connectivity index (χ1n) is 23.6. The van der Waals surface area contributed by atoms with E-state index in [0.717, 1.165) is 55.6 Å². The summed E-state index contributed by atoms with van der Waals surface area (Å²) in [5.74, 6) is -0.0703. The Hall–Kier alpha value is -8.00. The van der Waals surface area contributed by atoms with Gasteiger partial charge in [-0.3, -0.25) is 0 Å². The van der Waals surface area contributed by atoms with Crippen LogP contribution in [0.1, 0.15) is 63.2 Å². The Morgan fingerprint density at radius 1 is 0.578 bits per heavy atom. The number of benzene rings is 7. The Bertz CT molecular complexity index is 3120. The first kappa shape index (κ1) is 37.7. The maximum atomic E-state index is 9.72. The second kappa shape index (κ2) is 20.7. The highest BCUT2D eigenvalue weighted by atomic mass is 15.1. The normalized spacial score (nSPS) is 14.6. The lowest BCUT2D eigenvalue weighted by molar-refractivity contribution is 1.000. The molecule has 0 aliphatic heterocycles. The van der Waals surface area contributed by atoms with E-state index in [9.17, 15) is 5.48 Å². The number of nitrogens with zero attached hydrogens (tertiary/aromatic N) is 1. The number of allylic oxidation sites excluding steroid dienone is 9. The summed E-state index contributed by atoms with van der Waals surface area (Å²) >= 11 is 0. The van der Waals surface area contributed by atoms with Crippen molar-refractivity contribution >= 4 is 41.3 Å². The maximum Gasteiger partial charge on any atom is 0.0645 e. The van der Waals surface area contributed by atoms with E-state index in [2.05, 4.69) is 129 Å². The van der Waals surface area contributed by atoms with Gasteiger partial charge in [0.05, 0.1) is 5.48 Å². The standard InChI is InChI=1S/C63H53N/c1-5-9-22-48-33-34-56(44-55(48)24-11-7-3)51-31-29-49(30-32-51)50-35-39-60(40-36-50)64(61-41-37-52(38-42-61)54(23-10-6-2)43-47-20-14-12-15-21-47)59(8-4)46-58-45-57-27-18-19-28-62(57)63(58)53-25-16-13-17-26-53/h5-9,11-22,24-46,63H,1-4,10,23H2/b22-9-,24-11-,54-43-,59-46+/i37D,38D,41D,42D. The number of rotatable bonds is 17. The highest BCUT2D eigenvalue weighted by molar-refractivity contribution is 5.84. The molecule has 0 amide bonds. The van der Waals surface area contributed by atoms with E-state index in [1.807, 2.05) is 102 Å². The molecule has 310 valence electrons. The lowest BCUT2D eigenvalue weighted by Gasteiger charge is -2.28. The molecule has 1 heteroatoms. The van der Waals surface area contributed by atoms with E-state index in [0.29, 0.717) is 29.8 Å². The van der Waals surface area contributed by atoms with Gasteiger partial charge in [0.15, 0.2) is 0 Å². The highest BCUT2D eigenvalue weighted by Crippen LogP contribution is 2.43. The third kappa shape index (κ3) is 9.87. The van der Waals surface area contributed by atoms with Crippen LogP contribution in [0.25, 0.3) is 52.1 Å². The quantitative estimate of drug-likeness (QED) is 0.0502. The molecule has 7 aromatic rings. The van der Waals surface area contributed by atoms with Crippen molar-refractivity contribution in [2.75, 3.05) is 4.90 Å².